The molecule has 0 aliphatic carbocycles. The van der Waals surface area contributed by atoms with Crippen LogP contribution >= 0.6 is 0 Å². The molecule has 3 N–H and O–H groups in total. The molecule has 22 heavy (non-hydrogen) atoms. The number of nitrogens with one attached hydrogen (secondary N) is 1. The molecule has 0 fully saturated rings. The first kappa shape index (κ1) is 14.2. The first-order chi connectivity index (χ1) is 10.6. The Morgan fingerprint density at radius 3 is 2.91 bits per heavy atom. The fourth-order valence-corrected chi connectivity index (χ4v) is 2.78. The van der Waals surface area contributed by atoms with Gasteiger partial charge in [-0.15, -0.1) is 0 Å². The van der Waals surface area contributed by atoms with Crippen molar-refractivity contribution >= 4 is 17.1 Å². The van der Waals surface area contributed by atoms with E-state index >= 15 is 0 Å². The number of nitrogens with two attached hydrogens (primary N) is 1. The highest BCUT2D eigenvalue weighted by atomic mass is 16.6. The molecule has 6 heteroatoms. The molecule has 2 unspecified atom stereocenters. The number of para-hydroxylation sites is 1. The van der Waals surface area contributed by atoms with Crippen molar-refractivity contribution in [3.05, 3.63) is 58.1 Å². The van der Waals surface area contributed by atoms with E-state index in [4.69, 9.17) is 10.5 Å². The molecule has 2 aromatic carbocycles. The number of fused-ring (bicyclic) bond motifs is 1. The Balaban J connectivity index is 1.85. The van der Waals surface area contributed by atoms with Crippen LogP contribution in [0.15, 0.2) is 42.5 Å². The van der Waals surface area contributed by atoms with E-state index in [0.717, 1.165) is 11.3 Å². The van der Waals surface area contributed by atoms with Crippen molar-refractivity contribution in [3.63, 3.8) is 0 Å². The summed E-state index contributed by atoms with van der Waals surface area (Å²) in [6.45, 7) is 2.55. The van der Waals surface area contributed by atoms with Gasteiger partial charge in [-0.05, 0) is 25.1 Å². The smallest absolute Gasteiger partial charge is 0.292 e. The Morgan fingerprint density at radius 2 is 2.14 bits per heavy atom. The van der Waals surface area contributed by atoms with Gasteiger partial charge in [0.2, 0.25) is 0 Å². The summed E-state index contributed by atoms with van der Waals surface area (Å²) in [6, 6.07) is 12.4. The number of hydrogen-bond acceptors (Lipinski definition) is 5. The predicted molar refractivity (Wildman–Crippen MR) is 85.3 cm³/mol. The maximum atomic E-state index is 11.1. The van der Waals surface area contributed by atoms with Crippen molar-refractivity contribution in [3.8, 4) is 5.75 Å². The second-order valence-electron chi connectivity index (χ2n) is 5.42. The van der Waals surface area contributed by atoms with Crippen LogP contribution in [0.5, 0.6) is 5.75 Å². The lowest BCUT2D eigenvalue weighted by Gasteiger charge is -2.21. The minimum absolute atomic E-state index is 0.0215. The Labute approximate surface area is 128 Å². The molecule has 0 radical (unpaired) electrons. The quantitative estimate of drug-likeness (QED) is 0.514. The van der Waals surface area contributed by atoms with Crippen LogP contribution in [-0.2, 0) is 0 Å². The summed E-state index contributed by atoms with van der Waals surface area (Å²) < 4.78 is 5.67. The molecule has 1 aliphatic rings. The average molecular weight is 299 g/mol. The van der Waals surface area contributed by atoms with Crippen molar-refractivity contribution in [1.29, 1.82) is 0 Å². The van der Waals surface area contributed by atoms with Gasteiger partial charge in [-0.25, -0.2) is 0 Å². The third-order valence-electron chi connectivity index (χ3n) is 3.94. The van der Waals surface area contributed by atoms with Gasteiger partial charge >= 0.3 is 0 Å². The molecule has 0 bridgehead atoms. The number of nitro benzene ring substituents is 1. The number of nitrogen functional groups attached to an aromatic ring is 1. The molecule has 3 rings (SSSR count). The van der Waals surface area contributed by atoms with Gasteiger partial charge in [0.1, 0.15) is 11.4 Å². The summed E-state index contributed by atoms with van der Waals surface area (Å²) in [6.07, 6.45) is 0. The van der Waals surface area contributed by atoms with Crippen LogP contribution in [0.1, 0.15) is 18.4 Å². The molecule has 1 aliphatic heterocycles. The molecule has 0 aromatic heterocycles. The second kappa shape index (κ2) is 5.55. The largest absolute Gasteiger partial charge is 0.493 e. The Hall–Kier alpha value is -2.76. The zero-order chi connectivity index (χ0) is 15.7. The van der Waals surface area contributed by atoms with Gasteiger partial charge in [0.25, 0.3) is 5.69 Å². The molecule has 6 nitrogen and oxygen atoms in total. The molecule has 2 atom stereocenters. The number of ether oxygens (including phenoxy) is 1. The Morgan fingerprint density at radius 1 is 1.36 bits per heavy atom. The first-order valence-electron chi connectivity index (χ1n) is 7.08. The Bertz CT molecular complexity index is 718. The molecule has 2 aromatic rings. The highest BCUT2D eigenvalue weighted by molar-refractivity contribution is 5.68. The lowest BCUT2D eigenvalue weighted by atomic mass is 9.94. The van der Waals surface area contributed by atoms with E-state index in [-0.39, 0.29) is 17.6 Å². The topological polar surface area (TPSA) is 90.4 Å². The molecular formula is C16H17N3O3. The van der Waals surface area contributed by atoms with Crippen LogP contribution in [0.2, 0.25) is 0 Å². The number of nitrogens with zero attached hydrogens (tertiary/aromatic N) is 1. The summed E-state index contributed by atoms with van der Waals surface area (Å²) >= 11 is 0. The van der Waals surface area contributed by atoms with Gasteiger partial charge in [-0.3, -0.25) is 10.1 Å². The maximum Gasteiger partial charge on any atom is 0.292 e. The van der Waals surface area contributed by atoms with E-state index in [1.54, 1.807) is 6.07 Å². The first-order valence-corrected chi connectivity index (χ1v) is 7.08. The lowest BCUT2D eigenvalue weighted by molar-refractivity contribution is -0.384. The van der Waals surface area contributed by atoms with Crippen LogP contribution in [0.25, 0.3) is 0 Å². The van der Waals surface area contributed by atoms with Crippen molar-refractivity contribution in [2.45, 2.75) is 18.9 Å². The molecule has 0 saturated heterocycles. The minimum Gasteiger partial charge on any atom is -0.493 e. The summed E-state index contributed by atoms with van der Waals surface area (Å²) in [5.41, 5.74) is 7.81. The van der Waals surface area contributed by atoms with E-state index in [1.807, 2.05) is 31.2 Å². The summed E-state index contributed by atoms with van der Waals surface area (Å²) in [5.74, 6) is 1.01. The van der Waals surface area contributed by atoms with Gasteiger partial charge in [0, 0.05) is 29.3 Å². The summed E-state index contributed by atoms with van der Waals surface area (Å²) in [7, 11) is 0. The third kappa shape index (κ3) is 2.55. The number of hydrogen-bond donors (Lipinski definition) is 2. The summed E-state index contributed by atoms with van der Waals surface area (Å²) in [5, 5.41) is 14.3. The van der Waals surface area contributed by atoms with E-state index in [1.165, 1.54) is 12.1 Å². The van der Waals surface area contributed by atoms with Crippen LogP contribution < -0.4 is 15.8 Å². The molecule has 0 saturated carbocycles. The van der Waals surface area contributed by atoms with Crippen molar-refractivity contribution in [2.24, 2.45) is 0 Å². The van der Waals surface area contributed by atoms with Crippen molar-refractivity contribution in [2.75, 3.05) is 17.7 Å². The van der Waals surface area contributed by atoms with E-state index in [0.29, 0.717) is 18.0 Å². The van der Waals surface area contributed by atoms with Crippen LogP contribution in [0, 0.1) is 10.1 Å². The number of nitro groups is 1. The third-order valence-corrected chi connectivity index (χ3v) is 3.94. The monoisotopic (exact) mass is 299 g/mol. The van der Waals surface area contributed by atoms with Gasteiger partial charge < -0.3 is 15.8 Å². The van der Waals surface area contributed by atoms with E-state index < -0.39 is 4.92 Å². The average Bonchev–Trinajstić information content (AvgIpc) is 2.91. The highest BCUT2D eigenvalue weighted by Gasteiger charge is 2.29. The van der Waals surface area contributed by atoms with Crippen LogP contribution in [-0.4, -0.2) is 17.6 Å². The predicted octanol–water partition coefficient (Wildman–Crippen LogP) is 3.15. The second-order valence-corrected chi connectivity index (χ2v) is 5.42. The number of anilines is 2. The van der Waals surface area contributed by atoms with Crippen molar-refractivity contribution < 1.29 is 9.66 Å². The molecule has 0 spiro atoms. The van der Waals surface area contributed by atoms with Crippen LogP contribution in [0.4, 0.5) is 17.1 Å². The molecule has 0 amide bonds. The summed E-state index contributed by atoms with van der Waals surface area (Å²) in [4.78, 5) is 10.7. The SMILES string of the molecule is CC(Nc1cc(N)ccc1[N+](=O)[O-])C1COc2ccccc21. The van der Waals surface area contributed by atoms with Gasteiger partial charge in [0.15, 0.2) is 0 Å². The molecule has 114 valence electrons. The fourth-order valence-electron chi connectivity index (χ4n) is 2.78. The standard InChI is InChI=1S/C16H17N3O3/c1-10(13-9-22-16-5-3-2-4-12(13)16)18-14-8-11(17)6-7-15(14)19(20)21/h2-8,10,13,18H,9,17H2,1H3. The van der Waals surface area contributed by atoms with Gasteiger partial charge in [-0.2, -0.15) is 0 Å². The highest BCUT2D eigenvalue weighted by Crippen LogP contribution is 2.37. The normalized spacial score (nSPS) is 17.4. The van der Waals surface area contributed by atoms with E-state index in [9.17, 15) is 10.1 Å². The van der Waals surface area contributed by atoms with Gasteiger partial charge in [-0.1, -0.05) is 18.2 Å². The van der Waals surface area contributed by atoms with Crippen molar-refractivity contribution in [1.82, 2.24) is 0 Å². The molecule has 1 heterocycles. The number of rotatable bonds is 4. The number of benzene rings is 2. The zero-order valence-corrected chi connectivity index (χ0v) is 12.2. The fraction of sp³-hybridized carbons (Fsp3) is 0.250. The lowest BCUT2D eigenvalue weighted by Crippen LogP contribution is -2.25. The van der Waals surface area contributed by atoms with Crippen LogP contribution in [0.3, 0.4) is 0 Å². The van der Waals surface area contributed by atoms with Gasteiger partial charge in [0.05, 0.1) is 11.5 Å². The Kier molecular flexibility index (Phi) is 3.58. The van der Waals surface area contributed by atoms with E-state index in [2.05, 4.69) is 5.32 Å². The zero-order valence-electron chi connectivity index (χ0n) is 12.2. The molecular weight excluding hydrogens is 282 g/mol. The minimum atomic E-state index is -0.409. The maximum absolute atomic E-state index is 11.1.